The van der Waals surface area contributed by atoms with Crippen LogP contribution in [0, 0.1) is 0 Å². The van der Waals surface area contributed by atoms with Crippen LogP contribution in [-0.2, 0) is 32.5 Å². The summed E-state index contributed by atoms with van der Waals surface area (Å²) in [7, 11) is -2.45. The highest BCUT2D eigenvalue weighted by Crippen LogP contribution is 2.30. The number of fused-ring (bicyclic) bond motifs is 1. The molecular weight excluding hydrogens is 402 g/mol. The van der Waals surface area contributed by atoms with Crippen LogP contribution in [0.25, 0.3) is 0 Å². The zero-order valence-corrected chi connectivity index (χ0v) is 18.3. The Hall–Kier alpha value is -2.71. The summed E-state index contributed by atoms with van der Waals surface area (Å²) in [6.45, 7) is 3.83. The van der Waals surface area contributed by atoms with Crippen LogP contribution in [0.4, 0.5) is 11.4 Å². The summed E-state index contributed by atoms with van der Waals surface area (Å²) in [6.07, 6.45) is 2.25. The first-order chi connectivity index (χ1) is 14.2. The van der Waals surface area contributed by atoms with E-state index >= 15 is 0 Å². The van der Waals surface area contributed by atoms with E-state index in [1.807, 2.05) is 25.1 Å². The van der Waals surface area contributed by atoms with Crippen molar-refractivity contribution < 1.29 is 18.0 Å². The average Bonchev–Trinajstić information content (AvgIpc) is 2.72. The maximum atomic E-state index is 13.0. The normalized spacial score (nSPS) is 13.8. The number of likely N-dealkylation sites (N-methyl/N-ethyl adjacent to an activating group) is 1. The first kappa shape index (κ1) is 22.0. The number of carbonyl (C=O) groups excluding carboxylic acids is 2. The third-order valence-corrected chi connectivity index (χ3v) is 7.10. The van der Waals surface area contributed by atoms with E-state index in [0.29, 0.717) is 18.7 Å². The van der Waals surface area contributed by atoms with E-state index in [1.165, 1.54) is 20.0 Å². The molecule has 0 spiro atoms. The monoisotopic (exact) mass is 429 g/mol. The lowest BCUT2D eigenvalue weighted by Gasteiger charge is -2.29. The predicted molar refractivity (Wildman–Crippen MR) is 117 cm³/mol. The number of anilines is 2. The lowest BCUT2D eigenvalue weighted by molar-refractivity contribution is -0.117. The Bertz CT molecular complexity index is 1070. The van der Waals surface area contributed by atoms with Gasteiger partial charge in [-0.15, -0.1) is 0 Å². The first-order valence-corrected chi connectivity index (χ1v) is 11.4. The van der Waals surface area contributed by atoms with Crippen molar-refractivity contribution in [1.82, 2.24) is 4.31 Å². The van der Waals surface area contributed by atoms with E-state index in [2.05, 4.69) is 5.32 Å². The molecule has 0 aliphatic carbocycles. The number of carbonyl (C=O) groups is 2. The van der Waals surface area contributed by atoms with Gasteiger partial charge in [0, 0.05) is 31.9 Å². The number of benzene rings is 2. The van der Waals surface area contributed by atoms with E-state index < -0.39 is 15.9 Å². The molecule has 0 radical (unpaired) electrons. The van der Waals surface area contributed by atoms with Gasteiger partial charge in [-0.05, 0) is 54.7 Å². The fourth-order valence-corrected chi connectivity index (χ4v) is 4.85. The van der Waals surface area contributed by atoms with E-state index in [4.69, 9.17) is 0 Å². The fraction of sp³-hybridized carbons (Fsp3) is 0.364. The number of para-hydroxylation sites is 1. The number of amides is 2. The zero-order valence-electron chi connectivity index (χ0n) is 17.5. The SMILES string of the molecule is CCc1ccccc1NC(=O)CN(C)S(=O)(=O)c1ccc2c(c1)CCCN2C(C)=O. The molecule has 0 aromatic heterocycles. The van der Waals surface area contributed by atoms with Crippen molar-refractivity contribution in [3.8, 4) is 0 Å². The molecule has 7 nitrogen and oxygen atoms in total. The van der Waals surface area contributed by atoms with Crippen molar-refractivity contribution in [1.29, 1.82) is 0 Å². The van der Waals surface area contributed by atoms with Crippen molar-refractivity contribution in [2.24, 2.45) is 0 Å². The molecule has 2 aromatic carbocycles. The molecule has 0 atom stereocenters. The molecule has 1 aliphatic heterocycles. The van der Waals surface area contributed by atoms with Crippen molar-refractivity contribution in [3.05, 3.63) is 53.6 Å². The summed E-state index contributed by atoms with van der Waals surface area (Å²) in [5, 5.41) is 2.79. The van der Waals surface area contributed by atoms with Gasteiger partial charge in [-0.3, -0.25) is 9.59 Å². The van der Waals surface area contributed by atoms with Gasteiger partial charge in [0.1, 0.15) is 0 Å². The highest BCUT2D eigenvalue weighted by atomic mass is 32.2. The van der Waals surface area contributed by atoms with E-state index in [-0.39, 0.29) is 17.3 Å². The molecule has 8 heteroatoms. The van der Waals surface area contributed by atoms with Crippen LogP contribution in [0.3, 0.4) is 0 Å². The second-order valence-corrected chi connectivity index (χ2v) is 9.43. The molecule has 0 bridgehead atoms. The Morgan fingerprint density at radius 2 is 1.90 bits per heavy atom. The summed E-state index contributed by atoms with van der Waals surface area (Å²) in [5.41, 5.74) is 3.26. The maximum absolute atomic E-state index is 13.0. The standard InChI is InChI=1S/C22H27N3O4S/c1-4-17-8-5-6-10-20(17)23-22(27)15-24(3)30(28,29)19-11-12-21-18(14-19)9-7-13-25(21)16(2)26/h5-6,8,10-12,14H,4,7,9,13,15H2,1-3H3,(H,23,27). The molecule has 0 fully saturated rings. The van der Waals surface area contributed by atoms with Crippen LogP contribution in [0.2, 0.25) is 0 Å². The summed E-state index contributed by atoms with van der Waals surface area (Å²) >= 11 is 0. The van der Waals surface area contributed by atoms with E-state index in [9.17, 15) is 18.0 Å². The minimum Gasteiger partial charge on any atom is -0.325 e. The third kappa shape index (κ3) is 4.55. The Morgan fingerprint density at radius 3 is 2.60 bits per heavy atom. The molecule has 160 valence electrons. The predicted octanol–water partition coefficient (Wildman–Crippen LogP) is 2.81. The summed E-state index contributed by atoms with van der Waals surface area (Å²) in [6, 6.07) is 12.2. The molecule has 0 saturated carbocycles. The Labute approximate surface area is 177 Å². The number of aryl methyl sites for hydroxylation is 2. The van der Waals surface area contributed by atoms with E-state index in [1.54, 1.807) is 23.1 Å². The van der Waals surface area contributed by atoms with Crippen LogP contribution in [0.5, 0.6) is 0 Å². The average molecular weight is 430 g/mol. The minimum atomic E-state index is -3.84. The summed E-state index contributed by atoms with van der Waals surface area (Å²) < 4.78 is 27.1. The molecule has 2 aromatic rings. The van der Waals surface area contributed by atoms with Gasteiger partial charge in [-0.2, -0.15) is 4.31 Å². The lowest BCUT2D eigenvalue weighted by Crippen LogP contribution is -2.36. The molecule has 30 heavy (non-hydrogen) atoms. The van der Waals surface area contributed by atoms with Crippen molar-refractivity contribution in [3.63, 3.8) is 0 Å². The number of nitrogens with zero attached hydrogens (tertiary/aromatic N) is 2. The Kier molecular flexibility index (Phi) is 6.58. The second kappa shape index (κ2) is 8.97. The van der Waals surface area contributed by atoms with Crippen molar-refractivity contribution in [2.75, 3.05) is 30.4 Å². The van der Waals surface area contributed by atoms with E-state index in [0.717, 1.165) is 34.0 Å². The smallest absolute Gasteiger partial charge is 0.243 e. The molecule has 0 unspecified atom stereocenters. The molecule has 3 rings (SSSR count). The molecule has 0 saturated heterocycles. The van der Waals surface area contributed by atoms with Gasteiger partial charge in [-0.1, -0.05) is 25.1 Å². The summed E-state index contributed by atoms with van der Waals surface area (Å²) in [5.74, 6) is -0.463. The van der Waals surface area contributed by atoms with Crippen LogP contribution >= 0.6 is 0 Å². The van der Waals surface area contributed by atoms with Gasteiger partial charge in [0.15, 0.2) is 0 Å². The summed E-state index contributed by atoms with van der Waals surface area (Å²) in [4.78, 5) is 26.1. The number of hydrogen-bond acceptors (Lipinski definition) is 4. The van der Waals surface area contributed by atoms with Gasteiger partial charge in [-0.25, -0.2) is 8.42 Å². The Morgan fingerprint density at radius 1 is 1.17 bits per heavy atom. The molecule has 1 aliphatic rings. The topological polar surface area (TPSA) is 86.8 Å². The minimum absolute atomic E-state index is 0.0623. The van der Waals surface area contributed by atoms with Gasteiger partial charge in [0.25, 0.3) is 0 Å². The molecule has 2 amide bonds. The van der Waals surface area contributed by atoms with Gasteiger partial charge >= 0.3 is 0 Å². The van der Waals surface area contributed by atoms with Gasteiger partial charge in [0.2, 0.25) is 21.8 Å². The van der Waals surface area contributed by atoms with Crippen molar-refractivity contribution >= 4 is 33.2 Å². The largest absolute Gasteiger partial charge is 0.325 e. The molecule has 1 N–H and O–H groups in total. The molecular formula is C22H27N3O4S. The fourth-order valence-electron chi connectivity index (χ4n) is 3.67. The van der Waals surface area contributed by atoms with Crippen LogP contribution in [-0.4, -0.2) is 44.7 Å². The number of sulfonamides is 1. The van der Waals surface area contributed by atoms with Crippen molar-refractivity contribution in [2.45, 2.75) is 38.0 Å². The van der Waals surface area contributed by atoms with Crippen LogP contribution < -0.4 is 10.2 Å². The Balaban J connectivity index is 1.76. The molecule has 1 heterocycles. The number of rotatable bonds is 6. The quantitative estimate of drug-likeness (QED) is 0.765. The van der Waals surface area contributed by atoms with Crippen LogP contribution in [0.15, 0.2) is 47.4 Å². The first-order valence-electron chi connectivity index (χ1n) is 9.99. The second-order valence-electron chi connectivity index (χ2n) is 7.38. The highest BCUT2D eigenvalue weighted by Gasteiger charge is 2.26. The zero-order chi connectivity index (χ0) is 21.9. The lowest BCUT2D eigenvalue weighted by atomic mass is 10.0. The third-order valence-electron chi connectivity index (χ3n) is 5.30. The maximum Gasteiger partial charge on any atom is 0.243 e. The number of hydrogen-bond donors (Lipinski definition) is 1. The van der Waals surface area contributed by atoms with Gasteiger partial charge in [0.05, 0.1) is 11.4 Å². The van der Waals surface area contributed by atoms with Crippen LogP contribution in [0.1, 0.15) is 31.4 Å². The van der Waals surface area contributed by atoms with Gasteiger partial charge < -0.3 is 10.2 Å². The number of nitrogens with one attached hydrogen (secondary N) is 1. The highest BCUT2D eigenvalue weighted by molar-refractivity contribution is 7.89.